The minimum absolute atomic E-state index is 0.0269. The quantitative estimate of drug-likeness (QED) is 0.858. The lowest BCUT2D eigenvalue weighted by Crippen LogP contribution is -2.30. The Morgan fingerprint density at radius 3 is 2.16 bits per heavy atom. The third kappa shape index (κ3) is 4.91. The molecule has 1 aromatic carbocycles. The second kappa shape index (κ2) is 6.57. The average Bonchev–Trinajstić information content (AvgIpc) is 2.37. The van der Waals surface area contributed by atoms with Crippen molar-refractivity contribution in [1.29, 1.82) is 0 Å². The van der Waals surface area contributed by atoms with Gasteiger partial charge < -0.3 is 14.7 Å². The molecule has 106 valence electrons. The Balaban J connectivity index is 2.68. The Kier molecular flexibility index (Phi) is 5.36. The van der Waals surface area contributed by atoms with Crippen LogP contribution in [0.3, 0.4) is 0 Å². The molecule has 19 heavy (non-hydrogen) atoms. The normalized spacial score (nSPS) is 11.2. The zero-order valence-electron chi connectivity index (χ0n) is 12.1. The summed E-state index contributed by atoms with van der Waals surface area (Å²) in [6.45, 7) is 8.91. The topological polar surface area (TPSA) is 49.8 Å². The van der Waals surface area contributed by atoms with E-state index in [9.17, 15) is 9.90 Å². The molecular formula is C15H23NO3. The molecule has 0 spiro atoms. The van der Waals surface area contributed by atoms with Crippen LogP contribution in [0.4, 0.5) is 0 Å². The van der Waals surface area contributed by atoms with Gasteiger partial charge in [0, 0.05) is 18.7 Å². The molecule has 0 fully saturated rings. The molecule has 0 saturated heterocycles. The smallest absolute Gasteiger partial charge is 0.253 e. The molecular weight excluding hydrogens is 242 g/mol. The summed E-state index contributed by atoms with van der Waals surface area (Å²) in [5.41, 5.74) is -0.213. The van der Waals surface area contributed by atoms with Gasteiger partial charge in [-0.25, -0.2) is 0 Å². The maximum atomic E-state index is 12.1. The van der Waals surface area contributed by atoms with Gasteiger partial charge in [-0.2, -0.15) is 0 Å². The summed E-state index contributed by atoms with van der Waals surface area (Å²) < 4.78 is 5.44. The van der Waals surface area contributed by atoms with E-state index < -0.39 is 5.60 Å². The van der Waals surface area contributed by atoms with Crippen LogP contribution in [0.1, 0.15) is 38.1 Å². The molecule has 0 atom stereocenters. The summed E-state index contributed by atoms with van der Waals surface area (Å²) in [6, 6.07) is 7.01. The van der Waals surface area contributed by atoms with Gasteiger partial charge in [-0.3, -0.25) is 4.79 Å². The van der Waals surface area contributed by atoms with Gasteiger partial charge in [-0.05, 0) is 52.0 Å². The van der Waals surface area contributed by atoms with Crippen molar-refractivity contribution in [3.63, 3.8) is 0 Å². The molecule has 0 aliphatic heterocycles. The van der Waals surface area contributed by atoms with E-state index in [1.54, 1.807) is 43.0 Å². The van der Waals surface area contributed by atoms with Crippen molar-refractivity contribution in [2.45, 2.75) is 33.3 Å². The molecule has 0 saturated carbocycles. The Morgan fingerprint density at radius 1 is 1.21 bits per heavy atom. The van der Waals surface area contributed by atoms with Gasteiger partial charge in [0.05, 0.1) is 5.60 Å². The lowest BCUT2D eigenvalue weighted by Gasteiger charge is -2.19. The number of rotatable bonds is 6. The number of hydrogen-bond donors (Lipinski definition) is 1. The molecule has 0 bridgehead atoms. The van der Waals surface area contributed by atoms with Crippen molar-refractivity contribution in [2.24, 2.45) is 0 Å². The standard InChI is InChI=1S/C15H23NO3/c1-5-16(6-2)14(17)12-7-9-13(10-8-12)19-11-15(3,4)18/h7-10,18H,5-6,11H2,1-4H3. The van der Waals surface area contributed by atoms with Crippen molar-refractivity contribution in [1.82, 2.24) is 4.90 Å². The fraction of sp³-hybridized carbons (Fsp3) is 0.533. The molecule has 0 aliphatic rings. The molecule has 1 amide bonds. The fourth-order valence-corrected chi connectivity index (χ4v) is 1.65. The first-order chi connectivity index (χ1) is 8.87. The van der Waals surface area contributed by atoms with Crippen LogP contribution in [0.15, 0.2) is 24.3 Å². The molecule has 0 unspecified atom stereocenters. The number of hydrogen-bond acceptors (Lipinski definition) is 3. The maximum absolute atomic E-state index is 12.1. The second-order valence-electron chi connectivity index (χ2n) is 5.10. The third-order valence-corrected chi connectivity index (χ3v) is 2.74. The Morgan fingerprint density at radius 2 is 1.74 bits per heavy atom. The minimum Gasteiger partial charge on any atom is -0.491 e. The van der Waals surface area contributed by atoms with Crippen molar-refractivity contribution in [3.05, 3.63) is 29.8 Å². The molecule has 0 radical (unpaired) electrons. The van der Waals surface area contributed by atoms with Gasteiger partial charge >= 0.3 is 0 Å². The zero-order valence-corrected chi connectivity index (χ0v) is 12.1. The van der Waals surface area contributed by atoms with Crippen molar-refractivity contribution < 1.29 is 14.6 Å². The largest absolute Gasteiger partial charge is 0.491 e. The van der Waals surface area contributed by atoms with Crippen LogP contribution < -0.4 is 4.74 Å². The highest BCUT2D eigenvalue weighted by atomic mass is 16.5. The summed E-state index contributed by atoms with van der Waals surface area (Å²) in [6.07, 6.45) is 0. The third-order valence-electron chi connectivity index (χ3n) is 2.74. The number of carbonyl (C=O) groups is 1. The van der Waals surface area contributed by atoms with Crippen LogP contribution in [0.5, 0.6) is 5.75 Å². The lowest BCUT2D eigenvalue weighted by atomic mass is 10.1. The molecule has 0 aliphatic carbocycles. The van der Waals surface area contributed by atoms with Crippen LogP contribution in [-0.2, 0) is 0 Å². The minimum atomic E-state index is -0.865. The molecule has 1 rings (SSSR count). The first-order valence-electron chi connectivity index (χ1n) is 6.62. The van der Waals surface area contributed by atoms with E-state index in [2.05, 4.69) is 0 Å². The molecule has 0 heterocycles. The van der Waals surface area contributed by atoms with E-state index in [1.807, 2.05) is 13.8 Å². The number of aliphatic hydroxyl groups is 1. The van der Waals surface area contributed by atoms with Crippen molar-refractivity contribution >= 4 is 5.91 Å². The van der Waals surface area contributed by atoms with Gasteiger partial charge in [0.1, 0.15) is 12.4 Å². The van der Waals surface area contributed by atoms with Gasteiger partial charge in [0.15, 0.2) is 0 Å². The number of amides is 1. The summed E-state index contributed by atoms with van der Waals surface area (Å²) in [4.78, 5) is 13.9. The van der Waals surface area contributed by atoms with Crippen LogP contribution in [0.2, 0.25) is 0 Å². The predicted molar refractivity (Wildman–Crippen MR) is 75.5 cm³/mol. The van der Waals surface area contributed by atoms with Crippen LogP contribution in [0.25, 0.3) is 0 Å². The Labute approximate surface area is 115 Å². The van der Waals surface area contributed by atoms with Crippen molar-refractivity contribution in [2.75, 3.05) is 19.7 Å². The van der Waals surface area contributed by atoms with Crippen LogP contribution in [-0.4, -0.2) is 41.2 Å². The first-order valence-corrected chi connectivity index (χ1v) is 6.62. The first kappa shape index (κ1) is 15.5. The molecule has 4 nitrogen and oxygen atoms in total. The van der Waals surface area contributed by atoms with E-state index in [0.29, 0.717) is 24.4 Å². The number of carbonyl (C=O) groups excluding carboxylic acids is 1. The van der Waals surface area contributed by atoms with Gasteiger partial charge in [0.25, 0.3) is 5.91 Å². The summed E-state index contributed by atoms with van der Waals surface area (Å²) in [5.74, 6) is 0.678. The van der Waals surface area contributed by atoms with Crippen molar-refractivity contribution in [3.8, 4) is 5.75 Å². The summed E-state index contributed by atoms with van der Waals surface area (Å²) in [7, 11) is 0. The lowest BCUT2D eigenvalue weighted by molar-refractivity contribution is 0.0284. The predicted octanol–water partition coefficient (Wildman–Crippen LogP) is 2.32. The van der Waals surface area contributed by atoms with E-state index in [-0.39, 0.29) is 12.5 Å². The van der Waals surface area contributed by atoms with Crippen LogP contribution >= 0.6 is 0 Å². The molecule has 1 N–H and O–H groups in total. The highest BCUT2D eigenvalue weighted by Crippen LogP contribution is 2.15. The van der Waals surface area contributed by atoms with E-state index in [4.69, 9.17) is 4.74 Å². The summed E-state index contributed by atoms with van der Waals surface area (Å²) in [5, 5.41) is 9.57. The highest BCUT2D eigenvalue weighted by Gasteiger charge is 2.14. The monoisotopic (exact) mass is 265 g/mol. The van der Waals surface area contributed by atoms with Gasteiger partial charge in [-0.1, -0.05) is 0 Å². The zero-order chi connectivity index (χ0) is 14.5. The van der Waals surface area contributed by atoms with E-state index >= 15 is 0 Å². The molecule has 1 aromatic rings. The Hall–Kier alpha value is -1.55. The molecule has 0 aromatic heterocycles. The number of benzene rings is 1. The summed E-state index contributed by atoms with van der Waals surface area (Å²) >= 11 is 0. The highest BCUT2D eigenvalue weighted by molar-refractivity contribution is 5.94. The second-order valence-corrected chi connectivity index (χ2v) is 5.10. The fourth-order valence-electron chi connectivity index (χ4n) is 1.65. The Bertz CT molecular complexity index is 402. The van der Waals surface area contributed by atoms with E-state index in [0.717, 1.165) is 0 Å². The van der Waals surface area contributed by atoms with Gasteiger partial charge in [-0.15, -0.1) is 0 Å². The average molecular weight is 265 g/mol. The number of nitrogens with zero attached hydrogens (tertiary/aromatic N) is 1. The maximum Gasteiger partial charge on any atom is 0.253 e. The van der Waals surface area contributed by atoms with Crippen LogP contribution in [0, 0.1) is 0 Å². The SMILES string of the molecule is CCN(CC)C(=O)c1ccc(OCC(C)(C)O)cc1. The number of ether oxygens (including phenoxy) is 1. The van der Waals surface area contributed by atoms with Gasteiger partial charge in [0.2, 0.25) is 0 Å². The van der Waals surface area contributed by atoms with E-state index in [1.165, 1.54) is 0 Å². The molecule has 4 heteroatoms.